The Morgan fingerprint density at radius 3 is 2.78 bits per heavy atom. The van der Waals surface area contributed by atoms with E-state index in [0.717, 1.165) is 25.5 Å². The molecule has 0 spiro atoms. The van der Waals surface area contributed by atoms with E-state index in [9.17, 15) is 0 Å². The lowest BCUT2D eigenvalue weighted by Crippen LogP contribution is -2.05. The second-order valence-corrected chi connectivity index (χ2v) is 2.76. The number of rotatable bonds is 4. The Bertz CT molecular complexity index is 85.0. The zero-order valence-corrected chi connectivity index (χ0v) is 5.97. The van der Waals surface area contributed by atoms with Crippen molar-refractivity contribution >= 4 is 0 Å². The summed E-state index contributed by atoms with van der Waals surface area (Å²) in [6, 6.07) is 0. The van der Waals surface area contributed by atoms with Crippen molar-refractivity contribution in [3.63, 3.8) is 0 Å². The molecule has 1 rings (SSSR count). The summed E-state index contributed by atoms with van der Waals surface area (Å²) in [5, 5.41) is 0. The van der Waals surface area contributed by atoms with Gasteiger partial charge in [0.2, 0.25) is 0 Å². The molecular weight excluding hydrogens is 114 g/mol. The van der Waals surface area contributed by atoms with Gasteiger partial charge >= 0.3 is 0 Å². The predicted molar refractivity (Wildman–Crippen MR) is 37.2 cm³/mol. The fourth-order valence-corrected chi connectivity index (χ4v) is 0.838. The zero-order chi connectivity index (χ0) is 6.69. The SMILES string of the molecule is CC1CC1OCCCN. The van der Waals surface area contributed by atoms with E-state index in [1.165, 1.54) is 6.42 Å². The number of hydrogen-bond acceptors (Lipinski definition) is 2. The molecule has 54 valence electrons. The summed E-state index contributed by atoms with van der Waals surface area (Å²) in [4.78, 5) is 0. The minimum absolute atomic E-state index is 0.566. The van der Waals surface area contributed by atoms with Crippen LogP contribution in [0.4, 0.5) is 0 Å². The summed E-state index contributed by atoms with van der Waals surface area (Å²) >= 11 is 0. The van der Waals surface area contributed by atoms with Gasteiger partial charge in [-0.2, -0.15) is 0 Å². The third-order valence-corrected chi connectivity index (χ3v) is 1.72. The van der Waals surface area contributed by atoms with Crippen LogP contribution in [0.3, 0.4) is 0 Å². The molecule has 1 saturated carbocycles. The van der Waals surface area contributed by atoms with Gasteiger partial charge in [-0.15, -0.1) is 0 Å². The molecule has 0 heterocycles. The largest absolute Gasteiger partial charge is 0.378 e. The van der Waals surface area contributed by atoms with Crippen LogP contribution in [0.5, 0.6) is 0 Å². The molecule has 1 aliphatic carbocycles. The van der Waals surface area contributed by atoms with Gasteiger partial charge < -0.3 is 10.5 Å². The first kappa shape index (κ1) is 7.03. The van der Waals surface area contributed by atoms with Crippen LogP contribution in [0, 0.1) is 5.92 Å². The molecule has 2 unspecified atom stereocenters. The van der Waals surface area contributed by atoms with Crippen LogP contribution in [-0.4, -0.2) is 19.3 Å². The van der Waals surface area contributed by atoms with Gasteiger partial charge in [-0.05, 0) is 25.3 Å². The van der Waals surface area contributed by atoms with Crippen LogP contribution in [0.2, 0.25) is 0 Å². The number of nitrogens with two attached hydrogens (primary N) is 1. The molecule has 2 atom stereocenters. The lowest BCUT2D eigenvalue weighted by molar-refractivity contribution is 0.110. The Morgan fingerprint density at radius 1 is 1.67 bits per heavy atom. The maximum absolute atomic E-state index is 5.43. The summed E-state index contributed by atoms with van der Waals surface area (Å²) in [6.07, 6.45) is 2.82. The molecule has 0 amide bonds. The Kier molecular flexibility index (Phi) is 2.49. The van der Waals surface area contributed by atoms with E-state index in [2.05, 4.69) is 6.92 Å². The van der Waals surface area contributed by atoms with Crippen molar-refractivity contribution in [1.29, 1.82) is 0 Å². The Morgan fingerprint density at radius 2 is 2.33 bits per heavy atom. The van der Waals surface area contributed by atoms with E-state index in [-0.39, 0.29) is 0 Å². The minimum atomic E-state index is 0.566. The maximum Gasteiger partial charge on any atom is 0.0605 e. The van der Waals surface area contributed by atoms with Gasteiger partial charge in [-0.25, -0.2) is 0 Å². The molecule has 1 fully saturated rings. The fraction of sp³-hybridized carbons (Fsp3) is 1.00. The molecule has 2 nitrogen and oxygen atoms in total. The molecule has 1 aliphatic rings. The van der Waals surface area contributed by atoms with Crippen molar-refractivity contribution in [2.75, 3.05) is 13.2 Å². The van der Waals surface area contributed by atoms with Crippen molar-refractivity contribution in [2.24, 2.45) is 11.7 Å². The van der Waals surface area contributed by atoms with Crippen LogP contribution in [0.25, 0.3) is 0 Å². The summed E-state index contributed by atoms with van der Waals surface area (Å²) in [5.41, 5.74) is 5.29. The molecule has 2 N–H and O–H groups in total. The van der Waals surface area contributed by atoms with Crippen molar-refractivity contribution < 1.29 is 4.74 Å². The van der Waals surface area contributed by atoms with Crippen LogP contribution in [-0.2, 0) is 4.74 Å². The monoisotopic (exact) mass is 129 g/mol. The predicted octanol–water partition coefficient (Wildman–Crippen LogP) is 0.760. The molecule has 0 aromatic heterocycles. The highest BCUT2D eigenvalue weighted by molar-refractivity contribution is 4.83. The van der Waals surface area contributed by atoms with Gasteiger partial charge in [-0.1, -0.05) is 6.92 Å². The molecule has 9 heavy (non-hydrogen) atoms. The number of hydrogen-bond donors (Lipinski definition) is 1. The Hall–Kier alpha value is -0.0800. The van der Waals surface area contributed by atoms with E-state index in [0.29, 0.717) is 6.10 Å². The second-order valence-electron chi connectivity index (χ2n) is 2.76. The van der Waals surface area contributed by atoms with Crippen molar-refractivity contribution in [2.45, 2.75) is 25.9 Å². The molecule has 2 heteroatoms. The molecule has 0 aromatic rings. The van der Waals surface area contributed by atoms with Gasteiger partial charge in [0.05, 0.1) is 6.10 Å². The first-order chi connectivity index (χ1) is 4.34. The second kappa shape index (κ2) is 3.18. The fourth-order valence-electron chi connectivity index (χ4n) is 0.838. The van der Waals surface area contributed by atoms with Gasteiger partial charge in [0.1, 0.15) is 0 Å². The van der Waals surface area contributed by atoms with Gasteiger partial charge in [-0.3, -0.25) is 0 Å². The lowest BCUT2D eigenvalue weighted by Gasteiger charge is -1.98. The molecule has 0 radical (unpaired) electrons. The van der Waals surface area contributed by atoms with E-state index in [1.54, 1.807) is 0 Å². The average Bonchev–Trinajstić information content (AvgIpc) is 2.48. The maximum atomic E-state index is 5.43. The van der Waals surface area contributed by atoms with Crippen molar-refractivity contribution in [3.8, 4) is 0 Å². The highest BCUT2D eigenvalue weighted by Crippen LogP contribution is 2.32. The highest BCUT2D eigenvalue weighted by atomic mass is 16.5. The zero-order valence-electron chi connectivity index (χ0n) is 5.97. The summed E-state index contributed by atoms with van der Waals surface area (Å²) in [7, 11) is 0. The summed E-state index contributed by atoms with van der Waals surface area (Å²) < 4.78 is 5.43. The smallest absolute Gasteiger partial charge is 0.0605 e. The lowest BCUT2D eigenvalue weighted by atomic mass is 10.4. The van der Waals surface area contributed by atoms with Gasteiger partial charge in [0.15, 0.2) is 0 Å². The van der Waals surface area contributed by atoms with Crippen LogP contribution >= 0.6 is 0 Å². The molecule has 0 bridgehead atoms. The van der Waals surface area contributed by atoms with Gasteiger partial charge in [0, 0.05) is 6.61 Å². The first-order valence-corrected chi connectivity index (χ1v) is 3.66. The molecule has 0 aromatic carbocycles. The third kappa shape index (κ3) is 2.33. The van der Waals surface area contributed by atoms with E-state index < -0.39 is 0 Å². The average molecular weight is 129 g/mol. The van der Waals surface area contributed by atoms with E-state index in [4.69, 9.17) is 10.5 Å². The number of ether oxygens (including phenoxy) is 1. The highest BCUT2D eigenvalue weighted by Gasteiger charge is 2.33. The minimum Gasteiger partial charge on any atom is -0.378 e. The van der Waals surface area contributed by atoms with Crippen LogP contribution in [0.1, 0.15) is 19.8 Å². The normalized spacial score (nSPS) is 32.7. The molecule has 0 aliphatic heterocycles. The third-order valence-electron chi connectivity index (χ3n) is 1.72. The van der Waals surface area contributed by atoms with E-state index >= 15 is 0 Å². The van der Waals surface area contributed by atoms with Crippen molar-refractivity contribution in [1.82, 2.24) is 0 Å². The topological polar surface area (TPSA) is 35.2 Å². The van der Waals surface area contributed by atoms with Crippen LogP contribution < -0.4 is 5.73 Å². The Labute approximate surface area is 56.4 Å². The van der Waals surface area contributed by atoms with Crippen molar-refractivity contribution in [3.05, 3.63) is 0 Å². The molecular formula is C7H15NO. The Balaban J connectivity index is 1.83. The van der Waals surface area contributed by atoms with Gasteiger partial charge in [0.25, 0.3) is 0 Å². The summed E-state index contributed by atoms with van der Waals surface area (Å²) in [6.45, 7) is 3.82. The van der Waals surface area contributed by atoms with E-state index in [1.807, 2.05) is 0 Å². The quantitative estimate of drug-likeness (QED) is 0.569. The molecule has 0 saturated heterocycles. The first-order valence-electron chi connectivity index (χ1n) is 3.66. The standard InChI is InChI=1S/C7H15NO/c1-6-5-7(6)9-4-2-3-8/h6-7H,2-5,8H2,1H3. The van der Waals surface area contributed by atoms with Crippen LogP contribution in [0.15, 0.2) is 0 Å². The summed E-state index contributed by atoms with van der Waals surface area (Å²) in [5.74, 6) is 0.808.